The Balaban J connectivity index is 2.03. The second-order valence-corrected chi connectivity index (χ2v) is 8.74. The van der Waals surface area contributed by atoms with Crippen LogP contribution >= 0.6 is 0 Å². The topological polar surface area (TPSA) is 133 Å². The Kier molecular flexibility index (Phi) is 10.3. The van der Waals surface area contributed by atoms with Crippen LogP contribution in [-0.2, 0) is 27.3 Å². The number of nitrogens with one attached hydrogen (secondary N) is 1. The Bertz CT molecular complexity index is 1330. The Labute approximate surface area is 224 Å². The molecule has 1 amide bonds. The summed E-state index contributed by atoms with van der Waals surface area (Å²) in [4.78, 5) is 27.7. The van der Waals surface area contributed by atoms with Gasteiger partial charge in [-0.2, -0.15) is 4.98 Å². The molecule has 0 aliphatic heterocycles. The number of rotatable bonds is 13. The minimum Gasteiger partial charge on any atom is -0.479 e. The number of carbonyl (C=O) groups is 2. The molecule has 3 rings (SSSR count). The van der Waals surface area contributed by atoms with Crippen LogP contribution < -0.4 is 20.5 Å². The molecule has 0 saturated carbocycles. The van der Waals surface area contributed by atoms with Gasteiger partial charge in [0, 0.05) is 25.8 Å². The molecule has 11 heteroatoms. The number of carbonyl (C=O) groups excluding carboxylic acids is 1. The first kappa shape index (κ1) is 29.5. The maximum atomic E-state index is 15.5. The van der Waals surface area contributed by atoms with E-state index >= 15 is 8.78 Å². The highest BCUT2D eigenvalue weighted by Crippen LogP contribution is 2.34. The number of methoxy groups -OCH3 is 1. The Hall–Kier alpha value is -4.09. The van der Waals surface area contributed by atoms with Crippen LogP contribution in [0.25, 0.3) is 11.1 Å². The van der Waals surface area contributed by atoms with Crippen LogP contribution in [0.4, 0.5) is 8.78 Å². The van der Waals surface area contributed by atoms with Crippen molar-refractivity contribution in [2.45, 2.75) is 39.3 Å². The molecule has 9 nitrogen and oxygen atoms in total. The number of aliphatic carboxylic acids is 1. The van der Waals surface area contributed by atoms with Gasteiger partial charge in [0.05, 0.1) is 13.0 Å². The molecule has 0 bridgehead atoms. The summed E-state index contributed by atoms with van der Waals surface area (Å²) in [6.07, 6.45) is -2.17. The summed E-state index contributed by atoms with van der Waals surface area (Å²) in [5, 5.41) is 11.8. The number of benzene rings is 2. The lowest BCUT2D eigenvalue weighted by Gasteiger charge is -2.17. The van der Waals surface area contributed by atoms with Crippen molar-refractivity contribution in [3.05, 3.63) is 70.8 Å². The Morgan fingerprint density at radius 2 is 1.85 bits per heavy atom. The molecule has 0 fully saturated rings. The fourth-order valence-corrected chi connectivity index (χ4v) is 3.77. The SMILES string of the molecule is CCC(Oc1nc(Oc2cc(C)cc(-c3cccc(CN)c3)c2)c(F)c(CC(=O)NCCOC)c1F)C(=O)O. The summed E-state index contributed by atoms with van der Waals surface area (Å²) in [6, 6.07) is 12.7. The molecule has 3 aromatic rings. The monoisotopic (exact) mass is 543 g/mol. The van der Waals surface area contributed by atoms with Crippen LogP contribution in [0.3, 0.4) is 0 Å². The van der Waals surface area contributed by atoms with E-state index in [4.69, 9.17) is 19.9 Å². The first-order valence-corrected chi connectivity index (χ1v) is 12.3. The predicted octanol–water partition coefficient (Wildman–Crippen LogP) is 4.13. The highest BCUT2D eigenvalue weighted by molar-refractivity contribution is 5.79. The van der Waals surface area contributed by atoms with Crippen molar-refractivity contribution in [1.82, 2.24) is 10.3 Å². The van der Waals surface area contributed by atoms with E-state index in [1.165, 1.54) is 14.0 Å². The third-order valence-corrected chi connectivity index (χ3v) is 5.74. The molecule has 1 heterocycles. The van der Waals surface area contributed by atoms with E-state index in [1.54, 1.807) is 12.1 Å². The zero-order chi connectivity index (χ0) is 28.5. The maximum Gasteiger partial charge on any atom is 0.344 e. The van der Waals surface area contributed by atoms with Gasteiger partial charge in [-0.15, -0.1) is 0 Å². The van der Waals surface area contributed by atoms with Crippen LogP contribution in [0.1, 0.15) is 30.0 Å². The number of halogens is 2. The lowest BCUT2D eigenvalue weighted by atomic mass is 10.0. The van der Waals surface area contributed by atoms with Gasteiger partial charge in [-0.25, -0.2) is 13.6 Å². The van der Waals surface area contributed by atoms with E-state index in [9.17, 15) is 14.7 Å². The number of pyridine rings is 1. The van der Waals surface area contributed by atoms with Crippen LogP contribution in [0.15, 0.2) is 42.5 Å². The van der Waals surface area contributed by atoms with E-state index in [1.807, 2.05) is 37.3 Å². The summed E-state index contributed by atoms with van der Waals surface area (Å²) < 4.78 is 46.7. The standard InChI is InChI=1S/C28H31F2N3O6/c1-4-22(28(35)36)39-27-25(30)21(14-23(34)32-8-9-37-3)24(29)26(33-27)38-20-11-16(2)10-19(13-20)18-7-5-6-17(12-18)15-31/h5-7,10-13,22H,4,8-9,14-15,31H2,1-3H3,(H,32,34)(H,35,36). The minimum absolute atomic E-state index is 0.0139. The Morgan fingerprint density at radius 1 is 1.10 bits per heavy atom. The number of amides is 1. The molecule has 1 atom stereocenters. The van der Waals surface area contributed by atoms with E-state index in [0.29, 0.717) is 6.54 Å². The van der Waals surface area contributed by atoms with E-state index in [0.717, 1.165) is 22.3 Å². The summed E-state index contributed by atoms with van der Waals surface area (Å²) in [5.41, 5.74) is 8.40. The number of carboxylic acids is 1. The van der Waals surface area contributed by atoms with Gasteiger partial charge in [0.25, 0.3) is 11.8 Å². The van der Waals surface area contributed by atoms with Crippen molar-refractivity contribution in [2.24, 2.45) is 5.73 Å². The average Bonchev–Trinajstić information content (AvgIpc) is 2.91. The number of nitrogens with two attached hydrogens (primary N) is 1. The normalized spacial score (nSPS) is 11.6. The molecule has 208 valence electrons. The number of ether oxygens (including phenoxy) is 3. The molecule has 4 N–H and O–H groups in total. The summed E-state index contributed by atoms with van der Waals surface area (Å²) in [7, 11) is 1.44. The largest absolute Gasteiger partial charge is 0.479 e. The van der Waals surface area contributed by atoms with Crippen molar-refractivity contribution >= 4 is 11.9 Å². The molecule has 0 radical (unpaired) electrons. The number of carboxylic acid groups (broad SMARTS) is 1. The number of nitrogens with zero attached hydrogens (tertiary/aromatic N) is 1. The van der Waals surface area contributed by atoms with Gasteiger partial charge in [-0.05, 0) is 53.8 Å². The third kappa shape index (κ3) is 7.71. The highest BCUT2D eigenvalue weighted by atomic mass is 19.1. The molecular formula is C28H31F2N3O6. The number of hydrogen-bond acceptors (Lipinski definition) is 7. The lowest BCUT2D eigenvalue weighted by Crippen LogP contribution is -2.30. The minimum atomic E-state index is -1.45. The number of aromatic nitrogens is 1. The van der Waals surface area contributed by atoms with E-state index < -0.39 is 53.4 Å². The van der Waals surface area contributed by atoms with Crippen molar-refractivity contribution in [3.8, 4) is 28.6 Å². The quantitative estimate of drug-likeness (QED) is 0.274. The fourth-order valence-electron chi connectivity index (χ4n) is 3.77. The summed E-state index contributed by atoms with van der Waals surface area (Å²) in [6.45, 7) is 4.03. The van der Waals surface area contributed by atoms with Crippen molar-refractivity contribution in [2.75, 3.05) is 20.3 Å². The molecule has 0 aliphatic carbocycles. The van der Waals surface area contributed by atoms with Gasteiger partial charge in [0.15, 0.2) is 17.7 Å². The molecule has 39 heavy (non-hydrogen) atoms. The third-order valence-electron chi connectivity index (χ3n) is 5.74. The molecule has 0 aliphatic rings. The molecule has 1 unspecified atom stereocenters. The Morgan fingerprint density at radius 3 is 2.51 bits per heavy atom. The average molecular weight is 544 g/mol. The molecule has 0 saturated heterocycles. The van der Waals surface area contributed by atoms with Crippen molar-refractivity contribution in [1.29, 1.82) is 0 Å². The van der Waals surface area contributed by atoms with Crippen LogP contribution in [-0.4, -0.2) is 48.3 Å². The van der Waals surface area contributed by atoms with E-state index in [-0.39, 0.29) is 25.3 Å². The highest BCUT2D eigenvalue weighted by Gasteiger charge is 2.28. The molecule has 0 spiro atoms. The van der Waals surface area contributed by atoms with Crippen molar-refractivity contribution in [3.63, 3.8) is 0 Å². The predicted molar refractivity (Wildman–Crippen MR) is 140 cm³/mol. The van der Waals surface area contributed by atoms with Crippen LogP contribution in [0.5, 0.6) is 17.5 Å². The fraction of sp³-hybridized carbons (Fsp3) is 0.321. The molecule has 1 aromatic heterocycles. The van der Waals surface area contributed by atoms with Crippen LogP contribution in [0, 0.1) is 18.6 Å². The van der Waals surface area contributed by atoms with Gasteiger partial charge in [-0.1, -0.05) is 31.2 Å². The smallest absolute Gasteiger partial charge is 0.344 e. The van der Waals surface area contributed by atoms with Gasteiger partial charge >= 0.3 is 5.97 Å². The zero-order valence-electron chi connectivity index (χ0n) is 21.9. The number of hydrogen-bond donors (Lipinski definition) is 3. The van der Waals surface area contributed by atoms with Gasteiger partial charge < -0.3 is 30.4 Å². The number of aryl methyl sites for hydroxylation is 1. The van der Waals surface area contributed by atoms with Gasteiger partial charge in [-0.3, -0.25) is 4.79 Å². The lowest BCUT2D eigenvalue weighted by molar-refractivity contribution is -0.145. The molecule has 2 aromatic carbocycles. The first-order chi connectivity index (χ1) is 18.7. The first-order valence-electron chi connectivity index (χ1n) is 12.3. The van der Waals surface area contributed by atoms with Crippen LogP contribution in [0.2, 0.25) is 0 Å². The van der Waals surface area contributed by atoms with E-state index in [2.05, 4.69) is 10.3 Å². The van der Waals surface area contributed by atoms with Gasteiger partial charge in [0.2, 0.25) is 5.91 Å². The zero-order valence-corrected chi connectivity index (χ0v) is 21.9. The van der Waals surface area contributed by atoms with Gasteiger partial charge in [0.1, 0.15) is 5.75 Å². The maximum absolute atomic E-state index is 15.5. The second-order valence-electron chi connectivity index (χ2n) is 8.74. The molecular weight excluding hydrogens is 512 g/mol. The summed E-state index contributed by atoms with van der Waals surface area (Å²) in [5.74, 6) is -5.80. The summed E-state index contributed by atoms with van der Waals surface area (Å²) >= 11 is 0. The van der Waals surface area contributed by atoms with Crippen molar-refractivity contribution < 1.29 is 37.7 Å². The second kappa shape index (κ2) is 13.6.